The number of ether oxygens (including phenoxy) is 1. The van der Waals surface area contributed by atoms with Gasteiger partial charge < -0.3 is 9.84 Å². The van der Waals surface area contributed by atoms with Crippen molar-refractivity contribution < 1.29 is 9.84 Å². The number of aromatic nitrogens is 2. The van der Waals surface area contributed by atoms with Crippen LogP contribution in [-0.2, 0) is 0 Å². The molecule has 1 N–H and O–H groups in total. The van der Waals surface area contributed by atoms with E-state index in [9.17, 15) is 5.11 Å². The maximum Gasteiger partial charge on any atom is 0.320 e. The Morgan fingerprint density at radius 3 is 2.21 bits per heavy atom. The predicted octanol–water partition coefficient (Wildman–Crippen LogP) is 5.49. The third-order valence-electron chi connectivity index (χ3n) is 3.37. The standard InChI is InChI=1S/C17H11Cl3N2O2/c1-24-17-21-15(12-7-6-11(19)8-13(12)20)14(16(23)22-17)9-2-4-10(18)5-3-9/h2-8H,1H3,(H,21,22,23). The van der Waals surface area contributed by atoms with Crippen LogP contribution < -0.4 is 4.74 Å². The lowest BCUT2D eigenvalue weighted by Crippen LogP contribution is -1.98. The van der Waals surface area contributed by atoms with Gasteiger partial charge in [-0.2, -0.15) is 9.97 Å². The van der Waals surface area contributed by atoms with E-state index in [0.717, 1.165) is 0 Å². The van der Waals surface area contributed by atoms with Gasteiger partial charge in [-0.1, -0.05) is 46.9 Å². The van der Waals surface area contributed by atoms with Crippen LogP contribution >= 0.6 is 34.8 Å². The summed E-state index contributed by atoms with van der Waals surface area (Å²) in [5.41, 5.74) is 2.16. The Bertz CT molecular complexity index is 899. The Morgan fingerprint density at radius 2 is 1.58 bits per heavy atom. The Morgan fingerprint density at radius 1 is 0.917 bits per heavy atom. The van der Waals surface area contributed by atoms with Crippen LogP contribution in [0, 0.1) is 0 Å². The summed E-state index contributed by atoms with van der Waals surface area (Å²) in [6, 6.07) is 12.0. The van der Waals surface area contributed by atoms with Gasteiger partial charge in [0, 0.05) is 15.6 Å². The molecule has 4 nitrogen and oxygen atoms in total. The van der Waals surface area contributed by atoms with E-state index < -0.39 is 0 Å². The first-order chi connectivity index (χ1) is 11.5. The fraction of sp³-hybridized carbons (Fsp3) is 0.0588. The summed E-state index contributed by atoms with van der Waals surface area (Å²) in [6.07, 6.45) is 0. The summed E-state index contributed by atoms with van der Waals surface area (Å²) in [6.45, 7) is 0. The van der Waals surface area contributed by atoms with Crippen LogP contribution in [0.15, 0.2) is 42.5 Å². The molecule has 2 aromatic carbocycles. The van der Waals surface area contributed by atoms with E-state index in [1.165, 1.54) is 7.11 Å². The second-order valence-corrected chi connectivity index (χ2v) is 6.17. The van der Waals surface area contributed by atoms with Crippen molar-refractivity contribution >= 4 is 34.8 Å². The van der Waals surface area contributed by atoms with Crippen LogP contribution in [0.4, 0.5) is 0 Å². The van der Waals surface area contributed by atoms with Gasteiger partial charge in [0.25, 0.3) is 0 Å². The molecule has 0 aliphatic carbocycles. The Labute approximate surface area is 153 Å². The minimum Gasteiger partial charge on any atom is -0.493 e. The molecule has 0 fully saturated rings. The largest absolute Gasteiger partial charge is 0.493 e. The van der Waals surface area contributed by atoms with Crippen molar-refractivity contribution in [3.05, 3.63) is 57.5 Å². The van der Waals surface area contributed by atoms with Crippen LogP contribution in [0.2, 0.25) is 15.1 Å². The van der Waals surface area contributed by atoms with Gasteiger partial charge in [-0.05, 0) is 35.9 Å². The predicted molar refractivity (Wildman–Crippen MR) is 96.2 cm³/mol. The van der Waals surface area contributed by atoms with E-state index in [4.69, 9.17) is 39.5 Å². The third kappa shape index (κ3) is 3.26. The summed E-state index contributed by atoms with van der Waals surface area (Å²) >= 11 is 18.2. The van der Waals surface area contributed by atoms with Crippen LogP contribution in [0.1, 0.15) is 0 Å². The second kappa shape index (κ2) is 6.85. The molecule has 0 atom stereocenters. The smallest absolute Gasteiger partial charge is 0.320 e. The molecule has 0 radical (unpaired) electrons. The van der Waals surface area contributed by atoms with E-state index in [1.54, 1.807) is 42.5 Å². The van der Waals surface area contributed by atoms with Gasteiger partial charge in [-0.25, -0.2) is 0 Å². The highest BCUT2D eigenvalue weighted by atomic mass is 35.5. The van der Waals surface area contributed by atoms with E-state index >= 15 is 0 Å². The molecule has 0 saturated carbocycles. The molecule has 0 spiro atoms. The van der Waals surface area contributed by atoms with Crippen LogP contribution in [0.25, 0.3) is 22.4 Å². The first kappa shape index (κ1) is 16.8. The molecule has 0 aliphatic rings. The SMILES string of the molecule is COc1nc(O)c(-c2ccc(Cl)cc2)c(-c2ccc(Cl)cc2Cl)n1. The van der Waals surface area contributed by atoms with Gasteiger partial charge in [0.2, 0.25) is 5.88 Å². The molecule has 0 unspecified atom stereocenters. The van der Waals surface area contributed by atoms with Crippen molar-refractivity contribution in [3.8, 4) is 34.3 Å². The van der Waals surface area contributed by atoms with Crippen molar-refractivity contribution in [2.24, 2.45) is 0 Å². The number of aromatic hydroxyl groups is 1. The van der Waals surface area contributed by atoms with E-state index in [1.807, 2.05) is 0 Å². The average molecular weight is 382 g/mol. The average Bonchev–Trinajstić information content (AvgIpc) is 2.55. The van der Waals surface area contributed by atoms with Crippen molar-refractivity contribution in [2.75, 3.05) is 7.11 Å². The molecule has 3 rings (SSSR count). The summed E-state index contributed by atoms with van der Waals surface area (Å²) in [4.78, 5) is 8.30. The van der Waals surface area contributed by atoms with Crippen LogP contribution in [0.3, 0.4) is 0 Å². The second-order valence-electron chi connectivity index (χ2n) is 4.89. The normalized spacial score (nSPS) is 10.7. The maximum absolute atomic E-state index is 10.4. The highest BCUT2D eigenvalue weighted by molar-refractivity contribution is 6.36. The number of methoxy groups -OCH3 is 1. The molecule has 0 aliphatic heterocycles. The number of nitrogens with zero attached hydrogens (tertiary/aromatic N) is 2. The van der Waals surface area contributed by atoms with Crippen molar-refractivity contribution in [2.45, 2.75) is 0 Å². The number of hydrogen-bond acceptors (Lipinski definition) is 4. The minimum absolute atomic E-state index is 0.0335. The first-order valence-electron chi connectivity index (χ1n) is 6.86. The van der Waals surface area contributed by atoms with Gasteiger partial charge in [0.15, 0.2) is 0 Å². The fourth-order valence-electron chi connectivity index (χ4n) is 2.28. The zero-order chi connectivity index (χ0) is 17.3. The zero-order valence-corrected chi connectivity index (χ0v) is 14.7. The monoisotopic (exact) mass is 380 g/mol. The molecule has 122 valence electrons. The fourth-order valence-corrected chi connectivity index (χ4v) is 2.90. The lowest BCUT2D eigenvalue weighted by atomic mass is 10.00. The molecule has 0 bridgehead atoms. The molecular weight excluding hydrogens is 371 g/mol. The highest BCUT2D eigenvalue weighted by Gasteiger charge is 2.20. The van der Waals surface area contributed by atoms with Crippen LogP contribution in [0.5, 0.6) is 11.9 Å². The van der Waals surface area contributed by atoms with E-state index in [2.05, 4.69) is 9.97 Å². The van der Waals surface area contributed by atoms with Crippen molar-refractivity contribution in [3.63, 3.8) is 0 Å². The van der Waals surface area contributed by atoms with E-state index in [0.29, 0.717) is 37.5 Å². The lowest BCUT2D eigenvalue weighted by molar-refractivity contribution is 0.365. The molecule has 7 heteroatoms. The van der Waals surface area contributed by atoms with Crippen molar-refractivity contribution in [1.82, 2.24) is 9.97 Å². The Kier molecular flexibility index (Phi) is 4.81. The molecule has 0 saturated heterocycles. The summed E-state index contributed by atoms with van der Waals surface area (Å²) in [5.74, 6) is -0.217. The Balaban J connectivity index is 2.30. The number of benzene rings is 2. The third-order valence-corrected chi connectivity index (χ3v) is 4.17. The van der Waals surface area contributed by atoms with Crippen LogP contribution in [-0.4, -0.2) is 22.2 Å². The van der Waals surface area contributed by atoms with Gasteiger partial charge >= 0.3 is 6.01 Å². The van der Waals surface area contributed by atoms with Gasteiger partial charge in [-0.15, -0.1) is 0 Å². The first-order valence-corrected chi connectivity index (χ1v) is 7.99. The maximum atomic E-state index is 10.4. The van der Waals surface area contributed by atoms with E-state index in [-0.39, 0.29) is 11.9 Å². The van der Waals surface area contributed by atoms with Gasteiger partial charge in [0.05, 0.1) is 23.4 Å². The lowest BCUT2D eigenvalue weighted by Gasteiger charge is -2.13. The summed E-state index contributed by atoms with van der Waals surface area (Å²) < 4.78 is 5.06. The molecule has 1 heterocycles. The number of halogens is 3. The highest BCUT2D eigenvalue weighted by Crippen LogP contribution is 2.40. The number of rotatable bonds is 3. The summed E-state index contributed by atoms with van der Waals surface area (Å²) in [7, 11) is 1.42. The van der Waals surface area contributed by atoms with Gasteiger partial charge in [0.1, 0.15) is 0 Å². The molecular formula is C17H11Cl3N2O2. The van der Waals surface area contributed by atoms with Crippen molar-refractivity contribution in [1.29, 1.82) is 0 Å². The van der Waals surface area contributed by atoms with Gasteiger partial charge in [-0.3, -0.25) is 0 Å². The minimum atomic E-state index is -0.217. The quantitative estimate of drug-likeness (QED) is 0.652. The molecule has 24 heavy (non-hydrogen) atoms. The summed E-state index contributed by atoms with van der Waals surface area (Å²) in [5, 5.41) is 11.9. The number of hydrogen-bond donors (Lipinski definition) is 1. The topological polar surface area (TPSA) is 55.2 Å². The molecule has 0 amide bonds. The Hall–Kier alpha value is -2.01. The molecule has 3 aromatic rings. The molecule has 1 aromatic heterocycles. The zero-order valence-electron chi connectivity index (χ0n) is 12.4.